The van der Waals surface area contributed by atoms with Crippen molar-refractivity contribution in [3.8, 4) is 0 Å². The van der Waals surface area contributed by atoms with Crippen molar-refractivity contribution in [1.29, 1.82) is 0 Å². The molecule has 0 radical (unpaired) electrons. The van der Waals surface area contributed by atoms with Gasteiger partial charge in [0.2, 0.25) is 5.91 Å². The molecule has 1 amide bonds. The Hall–Kier alpha value is -2.80. The number of benzene rings is 1. The van der Waals surface area contributed by atoms with Crippen LogP contribution in [0.15, 0.2) is 36.8 Å². The van der Waals surface area contributed by atoms with E-state index in [1.165, 1.54) is 0 Å². The second-order valence-corrected chi connectivity index (χ2v) is 7.53. The number of carbonyl (C=O) groups is 1. The first-order valence-electron chi connectivity index (χ1n) is 9.42. The maximum atomic E-state index is 12.4. The number of H-pyrrole nitrogens is 1. The Kier molecular flexibility index (Phi) is 5.34. The van der Waals surface area contributed by atoms with Crippen LogP contribution in [0.3, 0.4) is 0 Å². The van der Waals surface area contributed by atoms with Crippen molar-refractivity contribution in [2.75, 3.05) is 29.9 Å². The summed E-state index contributed by atoms with van der Waals surface area (Å²) >= 11 is 6.18. The number of hydrogen-bond donors (Lipinski definition) is 3. The zero-order valence-corrected chi connectivity index (χ0v) is 16.5. The number of nitrogens with zero attached hydrogens (tertiary/aromatic N) is 3. The predicted octanol–water partition coefficient (Wildman–Crippen LogP) is 3.12. The highest BCUT2D eigenvalue weighted by Crippen LogP contribution is 2.25. The first-order chi connectivity index (χ1) is 13.6. The molecule has 1 aliphatic rings. The van der Waals surface area contributed by atoms with Gasteiger partial charge in [-0.2, -0.15) is 0 Å². The fourth-order valence-corrected chi connectivity index (χ4v) is 3.81. The molecule has 7 nitrogen and oxygen atoms in total. The highest BCUT2D eigenvalue weighted by atomic mass is 35.5. The van der Waals surface area contributed by atoms with Crippen LogP contribution in [0.1, 0.15) is 18.4 Å². The Morgan fingerprint density at radius 2 is 2.25 bits per heavy atom. The van der Waals surface area contributed by atoms with E-state index in [1.807, 2.05) is 37.4 Å². The summed E-state index contributed by atoms with van der Waals surface area (Å²) in [5.74, 6) is 0.869. The van der Waals surface area contributed by atoms with E-state index in [0.29, 0.717) is 5.02 Å². The van der Waals surface area contributed by atoms with Crippen molar-refractivity contribution in [1.82, 2.24) is 20.3 Å². The summed E-state index contributed by atoms with van der Waals surface area (Å²) in [6.45, 7) is 3.83. The quantitative estimate of drug-likeness (QED) is 0.614. The molecule has 1 aromatic carbocycles. The summed E-state index contributed by atoms with van der Waals surface area (Å²) in [4.78, 5) is 26.5. The van der Waals surface area contributed by atoms with Crippen LogP contribution in [0, 0.1) is 6.92 Å². The number of hydrogen-bond acceptors (Lipinski definition) is 5. The number of rotatable bonds is 5. The monoisotopic (exact) mass is 398 g/mol. The SMILES string of the molecule is Cc1ccc(Cl)c(NCC(=O)N[C@@H]2CCCN(c3ncnc4[nH]ccc34)C2)c1. The molecular formula is C20H23ClN6O. The Morgan fingerprint density at radius 1 is 1.36 bits per heavy atom. The highest BCUT2D eigenvalue weighted by molar-refractivity contribution is 6.33. The van der Waals surface area contributed by atoms with Crippen LogP contribution < -0.4 is 15.5 Å². The maximum absolute atomic E-state index is 12.4. The summed E-state index contributed by atoms with van der Waals surface area (Å²) < 4.78 is 0. The minimum absolute atomic E-state index is 0.0427. The molecule has 2 aromatic heterocycles. The van der Waals surface area contributed by atoms with Gasteiger partial charge in [0.15, 0.2) is 0 Å². The largest absolute Gasteiger partial charge is 0.375 e. The third-order valence-corrected chi connectivity index (χ3v) is 5.31. The average molecular weight is 399 g/mol. The van der Waals surface area contributed by atoms with Crippen LogP contribution in [0.2, 0.25) is 5.02 Å². The Balaban J connectivity index is 1.36. The number of amides is 1. The lowest BCUT2D eigenvalue weighted by atomic mass is 10.1. The molecule has 3 heterocycles. The van der Waals surface area contributed by atoms with E-state index in [1.54, 1.807) is 6.33 Å². The Labute approximate surface area is 168 Å². The van der Waals surface area contributed by atoms with Crippen LogP contribution in [-0.4, -0.2) is 46.5 Å². The zero-order valence-electron chi connectivity index (χ0n) is 15.7. The third-order valence-electron chi connectivity index (χ3n) is 4.98. The molecule has 1 aliphatic heterocycles. The summed E-state index contributed by atoms with van der Waals surface area (Å²) in [7, 11) is 0. The van der Waals surface area contributed by atoms with E-state index in [-0.39, 0.29) is 18.5 Å². The van der Waals surface area contributed by atoms with Gasteiger partial charge in [-0.3, -0.25) is 4.79 Å². The number of anilines is 2. The summed E-state index contributed by atoms with van der Waals surface area (Å²) in [5, 5.41) is 7.87. The van der Waals surface area contributed by atoms with Gasteiger partial charge in [0, 0.05) is 25.3 Å². The van der Waals surface area contributed by atoms with Gasteiger partial charge in [-0.1, -0.05) is 17.7 Å². The second kappa shape index (κ2) is 8.06. The molecule has 0 spiro atoms. The Morgan fingerprint density at radius 3 is 3.14 bits per heavy atom. The molecule has 1 fully saturated rings. The number of halogens is 1. The van der Waals surface area contributed by atoms with Gasteiger partial charge < -0.3 is 20.5 Å². The molecule has 28 heavy (non-hydrogen) atoms. The Bertz CT molecular complexity index is 988. The number of fused-ring (bicyclic) bond motifs is 1. The van der Waals surface area contributed by atoms with E-state index >= 15 is 0 Å². The van der Waals surface area contributed by atoms with E-state index in [2.05, 4.69) is 30.5 Å². The van der Waals surface area contributed by atoms with E-state index < -0.39 is 0 Å². The molecule has 0 aliphatic carbocycles. The molecule has 0 saturated carbocycles. The smallest absolute Gasteiger partial charge is 0.239 e. The minimum Gasteiger partial charge on any atom is -0.375 e. The lowest BCUT2D eigenvalue weighted by Crippen LogP contribution is -2.49. The van der Waals surface area contributed by atoms with Crippen LogP contribution in [-0.2, 0) is 4.79 Å². The molecule has 146 valence electrons. The average Bonchev–Trinajstić information content (AvgIpc) is 3.18. The third kappa shape index (κ3) is 4.04. The van der Waals surface area contributed by atoms with Crippen molar-refractivity contribution in [3.63, 3.8) is 0 Å². The van der Waals surface area contributed by atoms with Crippen LogP contribution in [0.25, 0.3) is 11.0 Å². The van der Waals surface area contributed by atoms with Crippen LogP contribution in [0.4, 0.5) is 11.5 Å². The molecule has 1 atom stereocenters. The second-order valence-electron chi connectivity index (χ2n) is 7.13. The van der Waals surface area contributed by atoms with Gasteiger partial charge in [0.05, 0.1) is 22.6 Å². The first-order valence-corrected chi connectivity index (χ1v) is 9.80. The molecule has 1 saturated heterocycles. The minimum atomic E-state index is -0.0427. The van der Waals surface area contributed by atoms with Gasteiger partial charge in [0.25, 0.3) is 0 Å². The van der Waals surface area contributed by atoms with E-state index in [9.17, 15) is 4.79 Å². The van der Waals surface area contributed by atoms with Gasteiger partial charge in [-0.05, 0) is 43.5 Å². The van der Waals surface area contributed by atoms with Crippen molar-refractivity contribution in [2.24, 2.45) is 0 Å². The lowest BCUT2D eigenvalue weighted by molar-refractivity contribution is -0.120. The van der Waals surface area contributed by atoms with Gasteiger partial charge >= 0.3 is 0 Å². The maximum Gasteiger partial charge on any atom is 0.239 e. The lowest BCUT2D eigenvalue weighted by Gasteiger charge is -2.34. The van der Waals surface area contributed by atoms with E-state index in [0.717, 1.165) is 54.0 Å². The number of aromatic amines is 1. The van der Waals surface area contributed by atoms with Crippen molar-refractivity contribution in [2.45, 2.75) is 25.8 Å². The van der Waals surface area contributed by atoms with Gasteiger partial charge in [-0.15, -0.1) is 0 Å². The van der Waals surface area contributed by atoms with E-state index in [4.69, 9.17) is 11.6 Å². The molecule has 4 rings (SSSR count). The number of nitrogens with one attached hydrogen (secondary N) is 3. The van der Waals surface area contributed by atoms with Crippen molar-refractivity contribution in [3.05, 3.63) is 47.4 Å². The summed E-state index contributed by atoms with van der Waals surface area (Å²) in [6.07, 6.45) is 5.40. The molecule has 8 heteroatoms. The topological polar surface area (TPSA) is 85.9 Å². The van der Waals surface area contributed by atoms with Crippen molar-refractivity contribution >= 4 is 40.0 Å². The number of aryl methyl sites for hydroxylation is 1. The summed E-state index contributed by atoms with van der Waals surface area (Å²) in [5.41, 5.74) is 2.70. The highest BCUT2D eigenvalue weighted by Gasteiger charge is 2.23. The van der Waals surface area contributed by atoms with Gasteiger partial charge in [0.1, 0.15) is 17.8 Å². The fraction of sp³-hybridized carbons (Fsp3) is 0.350. The summed E-state index contributed by atoms with van der Waals surface area (Å²) in [6, 6.07) is 7.79. The molecular weight excluding hydrogens is 376 g/mol. The first kappa shape index (κ1) is 18.6. The molecule has 0 unspecified atom stereocenters. The van der Waals surface area contributed by atoms with Crippen LogP contribution in [0.5, 0.6) is 0 Å². The fourth-order valence-electron chi connectivity index (χ4n) is 3.63. The predicted molar refractivity (Wildman–Crippen MR) is 112 cm³/mol. The molecule has 3 aromatic rings. The van der Waals surface area contributed by atoms with Crippen molar-refractivity contribution < 1.29 is 4.79 Å². The molecule has 3 N–H and O–H groups in total. The number of piperidine rings is 1. The number of aromatic nitrogens is 3. The number of carbonyl (C=O) groups excluding carboxylic acids is 1. The zero-order chi connectivity index (χ0) is 19.5. The molecule has 0 bridgehead atoms. The normalized spacial score (nSPS) is 16.9. The van der Waals surface area contributed by atoms with Gasteiger partial charge in [-0.25, -0.2) is 9.97 Å². The van der Waals surface area contributed by atoms with Crippen LogP contribution >= 0.6 is 11.6 Å². The standard InChI is InChI=1S/C20H23ClN6O/c1-13-4-5-16(21)17(9-13)23-10-18(28)26-14-3-2-8-27(11-14)20-15-6-7-22-19(15)24-12-25-20/h4-7,9,12,14,23H,2-3,8,10-11H2,1H3,(H,26,28)(H,22,24,25)/t14-/m1/s1.